The summed E-state index contributed by atoms with van der Waals surface area (Å²) in [7, 11) is 0. The predicted octanol–water partition coefficient (Wildman–Crippen LogP) is 2.14. The van der Waals surface area contributed by atoms with Crippen molar-refractivity contribution in [1.29, 1.82) is 0 Å². The Balaban J connectivity index is 1.73. The summed E-state index contributed by atoms with van der Waals surface area (Å²) < 4.78 is 11.4. The zero-order valence-electron chi connectivity index (χ0n) is 10.5. The van der Waals surface area contributed by atoms with Gasteiger partial charge in [-0.15, -0.1) is 10.2 Å². The second-order valence-electron chi connectivity index (χ2n) is 4.57. The van der Waals surface area contributed by atoms with Crippen LogP contribution in [-0.4, -0.2) is 38.8 Å². The van der Waals surface area contributed by atoms with Crippen molar-refractivity contribution in [3.63, 3.8) is 0 Å². The summed E-state index contributed by atoms with van der Waals surface area (Å²) in [6.07, 6.45) is 1.52. The van der Waals surface area contributed by atoms with Crippen LogP contribution in [0.4, 0.5) is 0 Å². The van der Waals surface area contributed by atoms with E-state index in [0.717, 1.165) is 13.0 Å². The van der Waals surface area contributed by atoms with Gasteiger partial charge in [0.1, 0.15) is 6.04 Å². The van der Waals surface area contributed by atoms with Gasteiger partial charge in [-0.2, -0.15) is 0 Å². The maximum Gasteiger partial charge on any atom is 0.320 e. The third-order valence-electron chi connectivity index (χ3n) is 3.24. The number of hydrogen-bond donors (Lipinski definition) is 1. The van der Waals surface area contributed by atoms with Crippen molar-refractivity contribution in [3.8, 4) is 11.7 Å². The molecule has 0 spiro atoms. The summed E-state index contributed by atoms with van der Waals surface area (Å²) in [5.74, 6) is 0.349. The molecule has 2 aromatic rings. The highest BCUT2D eigenvalue weighted by Crippen LogP contribution is 2.25. The first-order valence-electron chi connectivity index (χ1n) is 6.18. The van der Waals surface area contributed by atoms with Crippen LogP contribution in [0.25, 0.3) is 11.7 Å². The Labute approximate surface area is 122 Å². The minimum Gasteiger partial charge on any atom is -0.480 e. The molecule has 2 aromatic heterocycles. The van der Waals surface area contributed by atoms with Gasteiger partial charge in [0.05, 0.1) is 6.54 Å². The van der Waals surface area contributed by atoms with Crippen molar-refractivity contribution in [2.45, 2.75) is 25.4 Å². The van der Waals surface area contributed by atoms with Gasteiger partial charge in [0, 0.05) is 0 Å². The molecule has 1 fully saturated rings. The normalized spacial score (nSPS) is 19.6. The lowest BCUT2D eigenvalue weighted by Gasteiger charge is -2.18. The molecule has 106 valence electrons. The van der Waals surface area contributed by atoms with Crippen molar-refractivity contribution >= 4 is 21.9 Å². The molecular weight excluding hydrogens is 330 g/mol. The highest BCUT2D eigenvalue weighted by molar-refractivity contribution is 9.10. The van der Waals surface area contributed by atoms with Crippen molar-refractivity contribution < 1.29 is 18.7 Å². The number of aliphatic carboxylic acids is 1. The van der Waals surface area contributed by atoms with Crippen LogP contribution in [0.5, 0.6) is 0 Å². The van der Waals surface area contributed by atoms with Gasteiger partial charge in [0.2, 0.25) is 5.89 Å². The Morgan fingerprint density at radius 2 is 2.30 bits per heavy atom. The van der Waals surface area contributed by atoms with Crippen molar-refractivity contribution in [2.75, 3.05) is 6.54 Å². The smallest absolute Gasteiger partial charge is 0.320 e. The number of likely N-dealkylation sites (tertiary alicyclic amines) is 1. The second kappa shape index (κ2) is 5.37. The molecule has 1 atom stereocenters. The lowest BCUT2D eigenvalue weighted by molar-refractivity contribution is -0.142. The summed E-state index contributed by atoms with van der Waals surface area (Å²) in [5, 5.41) is 17.0. The molecule has 0 amide bonds. The van der Waals surface area contributed by atoms with Gasteiger partial charge in [-0.1, -0.05) is 0 Å². The fourth-order valence-electron chi connectivity index (χ4n) is 2.32. The molecule has 1 aliphatic rings. The first kappa shape index (κ1) is 13.3. The van der Waals surface area contributed by atoms with Crippen LogP contribution in [0.15, 0.2) is 25.6 Å². The highest BCUT2D eigenvalue weighted by atomic mass is 79.9. The van der Waals surface area contributed by atoms with Gasteiger partial charge in [-0.25, -0.2) is 0 Å². The summed E-state index contributed by atoms with van der Waals surface area (Å²) in [6, 6.07) is 2.99. The summed E-state index contributed by atoms with van der Waals surface area (Å²) >= 11 is 3.20. The molecule has 1 aliphatic heterocycles. The van der Waals surface area contributed by atoms with Crippen LogP contribution in [0.2, 0.25) is 0 Å². The van der Waals surface area contributed by atoms with E-state index in [9.17, 15) is 4.79 Å². The Bertz CT molecular complexity index is 624. The van der Waals surface area contributed by atoms with Gasteiger partial charge < -0.3 is 13.9 Å². The molecule has 20 heavy (non-hydrogen) atoms. The molecule has 0 aromatic carbocycles. The monoisotopic (exact) mass is 341 g/mol. The molecule has 0 saturated carbocycles. The molecule has 1 N–H and O–H groups in total. The number of carbonyl (C=O) groups is 1. The standard InChI is InChI=1S/C12H12BrN3O4/c13-9-4-3-8(19-9)11-15-14-10(20-11)6-16-5-1-2-7(16)12(17)18/h3-4,7H,1-2,5-6H2,(H,17,18). The van der Waals surface area contributed by atoms with Crippen LogP contribution >= 0.6 is 15.9 Å². The van der Waals surface area contributed by atoms with Gasteiger partial charge in [0.15, 0.2) is 10.4 Å². The minimum absolute atomic E-state index is 0.289. The number of aromatic nitrogens is 2. The van der Waals surface area contributed by atoms with Crippen LogP contribution in [0.3, 0.4) is 0 Å². The number of halogens is 1. The van der Waals surface area contributed by atoms with E-state index in [0.29, 0.717) is 29.3 Å². The quantitative estimate of drug-likeness (QED) is 0.910. The van der Waals surface area contributed by atoms with E-state index in [-0.39, 0.29) is 5.89 Å². The fraction of sp³-hybridized carbons (Fsp3) is 0.417. The Morgan fingerprint density at radius 1 is 1.45 bits per heavy atom. The van der Waals surface area contributed by atoms with E-state index in [1.54, 1.807) is 12.1 Å². The van der Waals surface area contributed by atoms with E-state index < -0.39 is 12.0 Å². The maximum absolute atomic E-state index is 11.1. The molecule has 0 bridgehead atoms. The first-order valence-corrected chi connectivity index (χ1v) is 6.98. The molecule has 1 unspecified atom stereocenters. The van der Waals surface area contributed by atoms with Crippen molar-refractivity contribution in [3.05, 3.63) is 22.7 Å². The zero-order valence-corrected chi connectivity index (χ0v) is 12.0. The van der Waals surface area contributed by atoms with E-state index in [1.807, 2.05) is 4.90 Å². The molecule has 7 nitrogen and oxygen atoms in total. The molecule has 3 heterocycles. The predicted molar refractivity (Wildman–Crippen MR) is 70.8 cm³/mol. The minimum atomic E-state index is -0.808. The third kappa shape index (κ3) is 2.61. The molecule has 8 heteroatoms. The van der Waals surface area contributed by atoms with Gasteiger partial charge in [-0.3, -0.25) is 9.69 Å². The van der Waals surface area contributed by atoms with Crippen molar-refractivity contribution in [2.24, 2.45) is 0 Å². The molecule has 0 aliphatic carbocycles. The maximum atomic E-state index is 11.1. The Kier molecular flexibility index (Phi) is 3.58. The summed E-state index contributed by atoms with van der Waals surface area (Å²) in [4.78, 5) is 12.9. The molecule has 1 saturated heterocycles. The number of furan rings is 1. The zero-order chi connectivity index (χ0) is 14.1. The second-order valence-corrected chi connectivity index (χ2v) is 5.35. The van der Waals surface area contributed by atoms with Crippen LogP contribution in [0.1, 0.15) is 18.7 Å². The van der Waals surface area contributed by atoms with E-state index in [1.165, 1.54) is 0 Å². The number of hydrogen-bond acceptors (Lipinski definition) is 6. The highest BCUT2D eigenvalue weighted by Gasteiger charge is 2.31. The van der Waals surface area contributed by atoms with Crippen LogP contribution in [0, 0.1) is 0 Å². The number of nitrogens with zero attached hydrogens (tertiary/aromatic N) is 3. The molecule has 3 rings (SSSR count). The average molecular weight is 342 g/mol. The van der Waals surface area contributed by atoms with Crippen LogP contribution in [-0.2, 0) is 11.3 Å². The Hall–Kier alpha value is -1.67. The lowest BCUT2D eigenvalue weighted by atomic mass is 10.2. The number of carboxylic acids is 1. The Morgan fingerprint density at radius 3 is 3.00 bits per heavy atom. The van der Waals surface area contributed by atoms with E-state index >= 15 is 0 Å². The average Bonchev–Trinajstić information content (AvgIpc) is 3.09. The largest absolute Gasteiger partial charge is 0.480 e. The summed E-state index contributed by atoms with van der Waals surface area (Å²) in [6.45, 7) is 1.06. The van der Waals surface area contributed by atoms with E-state index in [2.05, 4.69) is 26.1 Å². The molecular formula is C12H12BrN3O4. The SMILES string of the molecule is O=C(O)C1CCCN1Cc1nnc(-c2ccc(Br)o2)o1. The molecule has 0 radical (unpaired) electrons. The fourth-order valence-corrected chi connectivity index (χ4v) is 2.62. The summed E-state index contributed by atoms with van der Waals surface area (Å²) in [5.41, 5.74) is 0. The van der Waals surface area contributed by atoms with Gasteiger partial charge in [-0.05, 0) is 47.4 Å². The topological polar surface area (TPSA) is 92.6 Å². The van der Waals surface area contributed by atoms with Crippen LogP contribution < -0.4 is 0 Å². The van der Waals surface area contributed by atoms with Gasteiger partial charge in [0.25, 0.3) is 5.89 Å². The number of carboxylic acid groups (broad SMARTS) is 1. The van der Waals surface area contributed by atoms with E-state index in [4.69, 9.17) is 13.9 Å². The third-order valence-corrected chi connectivity index (χ3v) is 3.66. The lowest BCUT2D eigenvalue weighted by Crippen LogP contribution is -2.35. The van der Waals surface area contributed by atoms with Crippen molar-refractivity contribution in [1.82, 2.24) is 15.1 Å². The van der Waals surface area contributed by atoms with Gasteiger partial charge >= 0.3 is 5.97 Å². The number of rotatable bonds is 4. The first-order chi connectivity index (χ1) is 9.63.